The zero-order chi connectivity index (χ0) is 15.6. The molecule has 0 aliphatic carbocycles. The van der Waals surface area contributed by atoms with E-state index in [4.69, 9.17) is 9.84 Å². The molecule has 8 heteroatoms. The molecule has 0 aliphatic rings. The Morgan fingerprint density at radius 1 is 1.48 bits per heavy atom. The van der Waals surface area contributed by atoms with E-state index in [2.05, 4.69) is 0 Å². The van der Waals surface area contributed by atoms with E-state index in [0.717, 1.165) is 28.3 Å². The van der Waals surface area contributed by atoms with Crippen molar-refractivity contribution in [3.8, 4) is 5.75 Å². The van der Waals surface area contributed by atoms with Crippen LogP contribution in [0.2, 0.25) is 0 Å². The first-order chi connectivity index (χ1) is 9.88. The molecule has 0 aliphatic heterocycles. The Morgan fingerprint density at radius 3 is 2.71 bits per heavy atom. The van der Waals surface area contributed by atoms with E-state index in [1.807, 2.05) is 0 Å². The largest absolute Gasteiger partial charge is 0.486 e. The van der Waals surface area contributed by atoms with E-state index in [0.29, 0.717) is 5.56 Å². The van der Waals surface area contributed by atoms with E-state index in [1.165, 1.54) is 12.1 Å². The van der Waals surface area contributed by atoms with E-state index >= 15 is 0 Å². The first-order valence-electron chi connectivity index (χ1n) is 5.78. The van der Waals surface area contributed by atoms with Crippen molar-refractivity contribution < 1.29 is 24.0 Å². The molecule has 0 bridgehead atoms. The normalized spacial score (nSPS) is 10.4. The number of rotatable bonds is 5. The Labute approximate surface area is 122 Å². The molecule has 0 fully saturated rings. The maximum Gasteiger partial charge on any atom is 0.345 e. The molecule has 110 valence electrons. The van der Waals surface area contributed by atoms with Gasteiger partial charge in [0.1, 0.15) is 11.5 Å². The standard InChI is InChI=1S/C13H10FNO5S/c1-7-8(4-12(21-7)13(16)17)6-20-11-3-2-9(15(18)19)5-10(11)14/h2-5H,6H2,1H3,(H,16,17). The fourth-order valence-corrected chi connectivity index (χ4v) is 2.51. The van der Waals surface area contributed by atoms with Crippen LogP contribution in [-0.4, -0.2) is 16.0 Å². The van der Waals surface area contributed by atoms with Crippen molar-refractivity contribution in [1.82, 2.24) is 0 Å². The van der Waals surface area contributed by atoms with Crippen molar-refractivity contribution in [2.24, 2.45) is 0 Å². The van der Waals surface area contributed by atoms with Gasteiger partial charge in [-0.15, -0.1) is 11.3 Å². The van der Waals surface area contributed by atoms with E-state index < -0.39 is 16.7 Å². The van der Waals surface area contributed by atoms with Gasteiger partial charge in [0.2, 0.25) is 0 Å². The van der Waals surface area contributed by atoms with Crippen molar-refractivity contribution in [3.63, 3.8) is 0 Å². The van der Waals surface area contributed by atoms with Gasteiger partial charge in [-0.3, -0.25) is 10.1 Å². The molecule has 1 aromatic carbocycles. The minimum atomic E-state index is -1.03. The monoisotopic (exact) mass is 311 g/mol. The lowest BCUT2D eigenvalue weighted by Crippen LogP contribution is -1.99. The number of halogens is 1. The van der Waals surface area contributed by atoms with Gasteiger partial charge >= 0.3 is 5.97 Å². The summed E-state index contributed by atoms with van der Waals surface area (Å²) < 4.78 is 18.9. The number of hydrogen-bond donors (Lipinski definition) is 1. The molecule has 6 nitrogen and oxygen atoms in total. The van der Waals surface area contributed by atoms with Crippen LogP contribution in [0.3, 0.4) is 0 Å². The predicted molar refractivity (Wildman–Crippen MR) is 73.4 cm³/mol. The van der Waals surface area contributed by atoms with Crippen molar-refractivity contribution in [2.75, 3.05) is 0 Å². The lowest BCUT2D eigenvalue weighted by molar-refractivity contribution is -0.385. The molecule has 0 saturated heterocycles. The van der Waals surface area contributed by atoms with Crippen LogP contribution in [0.5, 0.6) is 5.75 Å². The third-order valence-electron chi connectivity index (χ3n) is 2.74. The molecule has 2 aromatic rings. The van der Waals surface area contributed by atoms with Crippen molar-refractivity contribution >= 4 is 23.0 Å². The van der Waals surface area contributed by atoms with Crippen LogP contribution in [0.15, 0.2) is 24.3 Å². The van der Waals surface area contributed by atoms with Gasteiger partial charge in [-0.25, -0.2) is 9.18 Å². The highest BCUT2D eigenvalue weighted by molar-refractivity contribution is 7.14. The van der Waals surface area contributed by atoms with Crippen LogP contribution in [0.4, 0.5) is 10.1 Å². The highest BCUT2D eigenvalue weighted by atomic mass is 32.1. The molecule has 1 aromatic heterocycles. The van der Waals surface area contributed by atoms with Crippen LogP contribution in [-0.2, 0) is 6.61 Å². The summed E-state index contributed by atoms with van der Waals surface area (Å²) in [4.78, 5) is 21.6. The first-order valence-corrected chi connectivity index (χ1v) is 6.59. The molecule has 0 amide bonds. The van der Waals surface area contributed by atoms with Crippen LogP contribution in [0.25, 0.3) is 0 Å². The second kappa shape index (κ2) is 5.88. The van der Waals surface area contributed by atoms with Crippen LogP contribution < -0.4 is 4.74 Å². The number of nitro benzene ring substituents is 1. The zero-order valence-corrected chi connectivity index (χ0v) is 11.6. The Kier molecular flexibility index (Phi) is 4.18. The number of thiophene rings is 1. The molecule has 0 radical (unpaired) electrons. The molecule has 0 unspecified atom stereocenters. The van der Waals surface area contributed by atoms with Crippen LogP contribution in [0.1, 0.15) is 20.1 Å². The molecular weight excluding hydrogens is 301 g/mol. The number of benzene rings is 1. The number of ether oxygens (including phenoxy) is 1. The average Bonchev–Trinajstić information content (AvgIpc) is 2.79. The topological polar surface area (TPSA) is 89.7 Å². The molecule has 1 heterocycles. The number of aromatic carboxylic acids is 1. The lowest BCUT2D eigenvalue weighted by Gasteiger charge is -2.06. The summed E-state index contributed by atoms with van der Waals surface area (Å²) in [6, 6.07) is 4.55. The number of aryl methyl sites for hydroxylation is 1. The number of carbonyl (C=O) groups is 1. The minimum Gasteiger partial charge on any atom is -0.486 e. The van der Waals surface area contributed by atoms with Gasteiger partial charge in [-0.2, -0.15) is 0 Å². The van der Waals surface area contributed by atoms with Crippen molar-refractivity contribution in [1.29, 1.82) is 0 Å². The number of non-ortho nitro benzene ring substituents is 1. The van der Waals surface area contributed by atoms with Gasteiger partial charge in [-0.1, -0.05) is 0 Å². The van der Waals surface area contributed by atoms with E-state index in [-0.39, 0.29) is 22.9 Å². The van der Waals surface area contributed by atoms with E-state index in [9.17, 15) is 19.3 Å². The Balaban J connectivity index is 2.13. The fraction of sp³-hybridized carbons (Fsp3) is 0.154. The molecular formula is C13H10FNO5S. The quantitative estimate of drug-likeness (QED) is 0.675. The fourth-order valence-electron chi connectivity index (χ4n) is 1.64. The maximum atomic E-state index is 13.6. The number of hydrogen-bond acceptors (Lipinski definition) is 5. The van der Waals surface area contributed by atoms with Gasteiger partial charge in [0.25, 0.3) is 5.69 Å². The third-order valence-corrected chi connectivity index (χ3v) is 3.82. The molecule has 21 heavy (non-hydrogen) atoms. The Hall–Kier alpha value is -2.48. The second-order valence-electron chi connectivity index (χ2n) is 4.16. The summed E-state index contributed by atoms with van der Waals surface area (Å²) in [6.45, 7) is 1.73. The van der Waals surface area contributed by atoms with Crippen molar-refractivity contribution in [3.05, 3.63) is 55.5 Å². The third kappa shape index (κ3) is 3.34. The van der Waals surface area contributed by atoms with E-state index in [1.54, 1.807) is 6.92 Å². The van der Waals surface area contributed by atoms with Gasteiger partial charge in [-0.05, 0) is 19.1 Å². The molecule has 0 atom stereocenters. The highest BCUT2D eigenvalue weighted by Gasteiger charge is 2.14. The number of nitro groups is 1. The van der Waals surface area contributed by atoms with Crippen LogP contribution in [0, 0.1) is 22.9 Å². The van der Waals surface area contributed by atoms with Gasteiger partial charge in [0.15, 0.2) is 11.6 Å². The number of carboxylic acid groups (broad SMARTS) is 1. The summed E-state index contributed by atoms with van der Waals surface area (Å²) in [6.07, 6.45) is 0. The van der Waals surface area contributed by atoms with Gasteiger partial charge in [0, 0.05) is 16.5 Å². The summed E-state index contributed by atoms with van der Waals surface area (Å²) >= 11 is 1.11. The van der Waals surface area contributed by atoms with Crippen LogP contribution >= 0.6 is 11.3 Å². The molecule has 0 saturated carbocycles. The highest BCUT2D eigenvalue weighted by Crippen LogP contribution is 2.26. The first kappa shape index (κ1) is 14.9. The number of nitrogens with zero attached hydrogens (tertiary/aromatic N) is 1. The maximum absolute atomic E-state index is 13.6. The molecule has 2 rings (SSSR count). The Morgan fingerprint density at radius 2 is 2.19 bits per heavy atom. The van der Waals surface area contributed by atoms with Gasteiger partial charge < -0.3 is 9.84 Å². The molecule has 1 N–H and O–H groups in total. The summed E-state index contributed by atoms with van der Waals surface area (Å²) in [7, 11) is 0. The number of carboxylic acids is 1. The Bertz CT molecular complexity index is 713. The SMILES string of the molecule is Cc1sc(C(=O)O)cc1COc1ccc([N+](=O)[O-])cc1F. The zero-order valence-electron chi connectivity index (χ0n) is 10.8. The average molecular weight is 311 g/mol. The summed E-state index contributed by atoms with van der Waals surface area (Å²) in [5, 5.41) is 19.4. The van der Waals surface area contributed by atoms with Crippen molar-refractivity contribution in [2.45, 2.75) is 13.5 Å². The second-order valence-corrected chi connectivity index (χ2v) is 5.41. The smallest absolute Gasteiger partial charge is 0.345 e. The lowest BCUT2D eigenvalue weighted by atomic mass is 10.2. The minimum absolute atomic E-state index is 0.00958. The van der Waals surface area contributed by atoms with Gasteiger partial charge in [0.05, 0.1) is 11.0 Å². The summed E-state index contributed by atoms with van der Waals surface area (Å²) in [5.41, 5.74) is 0.273. The molecule has 0 spiro atoms. The summed E-state index contributed by atoms with van der Waals surface area (Å²) in [5.74, 6) is -1.99. The predicted octanol–water partition coefficient (Wildman–Crippen LogP) is 3.38.